The van der Waals surface area contributed by atoms with Gasteiger partial charge in [-0.2, -0.15) is 5.10 Å². The van der Waals surface area contributed by atoms with Gasteiger partial charge >= 0.3 is 0 Å². The third kappa shape index (κ3) is 7.16. The van der Waals surface area contributed by atoms with Crippen molar-refractivity contribution in [2.45, 2.75) is 11.5 Å². The number of anilines is 1. The topological polar surface area (TPSA) is 101 Å². The minimum atomic E-state index is -4.00. The van der Waals surface area contributed by atoms with E-state index in [4.69, 9.17) is 16.3 Å². The van der Waals surface area contributed by atoms with Crippen LogP contribution >= 0.6 is 11.6 Å². The largest absolute Gasteiger partial charge is 0.489 e. The molecule has 0 aliphatic carbocycles. The van der Waals surface area contributed by atoms with Gasteiger partial charge in [-0.25, -0.2) is 13.8 Å². The first-order chi connectivity index (χ1) is 17.9. The highest BCUT2D eigenvalue weighted by molar-refractivity contribution is 7.92. The van der Waals surface area contributed by atoms with Crippen LogP contribution in [0.25, 0.3) is 0 Å². The highest BCUT2D eigenvalue weighted by Gasteiger charge is 2.27. The second-order valence-electron chi connectivity index (χ2n) is 7.81. The molecule has 0 aliphatic heterocycles. The van der Waals surface area contributed by atoms with Crippen molar-refractivity contribution in [2.75, 3.05) is 10.8 Å². The molecule has 0 saturated carbocycles. The van der Waals surface area contributed by atoms with Crippen molar-refractivity contribution in [1.29, 1.82) is 0 Å². The molecule has 0 fully saturated rings. The number of aromatic nitrogens is 1. The lowest BCUT2D eigenvalue weighted by Crippen LogP contribution is -2.39. The van der Waals surface area contributed by atoms with E-state index in [1.54, 1.807) is 66.7 Å². The number of halogens is 1. The van der Waals surface area contributed by atoms with Crippen LogP contribution in [0.3, 0.4) is 0 Å². The zero-order chi connectivity index (χ0) is 26.1. The maximum absolute atomic E-state index is 13.2. The Kier molecular flexibility index (Phi) is 8.50. The van der Waals surface area contributed by atoms with Crippen LogP contribution in [0.1, 0.15) is 11.1 Å². The van der Waals surface area contributed by atoms with Crippen molar-refractivity contribution in [1.82, 2.24) is 10.4 Å². The number of nitrogens with one attached hydrogen (secondary N) is 1. The average Bonchev–Trinajstić information content (AvgIpc) is 2.93. The Morgan fingerprint density at radius 1 is 0.973 bits per heavy atom. The summed E-state index contributed by atoms with van der Waals surface area (Å²) in [6.45, 7) is -0.0717. The van der Waals surface area contributed by atoms with Gasteiger partial charge in [0, 0.05) is 11.2 Å². The van der Waals surface area contributed by atoms with Gasteiger partial charge in [-0.05, 0) is 71.8 Å². The lowest BCUT2D eigenvalue weighted by Gasteiger charge is -2.23. The Hall–Kier alpha value is -4.21. The van der Waals surface area contributed by atoms with Crippen molar-refractivity contribution < 1.29 is 17.9 Å². The second kappa shape index (κ2) is 12.2. The van der Waals surface area contributed by atoms with Crippen molar-refractivity contribution in [2.24, 2.45) is 5.10 Å². The van der Waals surface area contributed by atoms with Gasteiger partial charge in [-0.1, -0.05) is 41.9 Å². The van der Waals surface area contributed by atoms with Gasteiger partial charge < -0.3 is 4.74 Å². The van der Waals surface area contributed by atoms with Gasteiger partial charge in [0.1, 0.15) is 18.9 Å². The molecule has 4 rings (SSSR count). The number of hydrazone groups is 1. The first-order valence-electron chi connectivity index (χ1n) is 11.2. The molecule has 0 saturated heterocycles. The fourth-order valence-electron chi connectivity index (χ4n) is 3.28. The summed E-state index contributed by atoms with van der Waals surface area (Å²) >= 11 is 5.89. The van der Waals surface area contributed by atoms with Crippen molar-refractivity contribution in [3.8, 4) is 5.75 Å². The molecule has 37 heavy (non-hydrogen) atoms. The quantitative estimate of drug-likeness (QED) is 0.235. The number of carbonyl (C=O) groups excluding carboxylic acids is 1. The Morgan fingerprint density at radius 2 is 1.70 bits per heavy atom. The zero-order valence-corrected chi connectivity index (χ0v) is 21.1. The van der Waals surface area contributed by atoms with Gasteiger partial charge in [-0.3, -0.25) is 14.1 Å². The lowest BCUT2D eigenvalue weighted by molar-refractivity contribution is -0.119. The summed E-state index contributed by atoms with van der Waals surface area (Å²) in [7, 11) is -4.00. The van der Waals surface area contributed by atoms with Crippen LogP contribution in [0.4, 0.5) is 5.69 Å². The fraction of sp³-hybridized carbons (Fsp3) is 0.0741. The van der Waals surface area contributed by atoms with Crippen LogP contribution in [0.5, 0.6) is 5.75 Å². The number of pyridine rings is 1. The van der Waals surface area contributed by atoms with E-state index in [1.165, 1.54) is 30.7 Å². The van der Waals surface area contributed by atoms with Crippen molar-refractivity contribution in [3.63, 3.8) is 0 Å². The molecule has 188 valence electrons. The van der Waals surface area contributed by atoms with Crippen LogP contribution in [-0.4, -0.2) is 32.1 Å². The molecule has 4 aromatic rings. The maximum atomic E-state index is 13.2. The van der Waals surface area contributed by atoms with Crippen molar-refractivity contribution >= 4 is 39.4 Å². The molecule has 3 aromatic carbocycles. The van der Waals surface area contributed by atoms with Crippen LogP contribution in [-0.2, 0) is 21.4 Å². The van der Waals surface area contributed by atoms with E-state index < -0.39 is 22.5 Å². The van der Waals surface area contributed by atoms with E-state index in [-0.39, 0.29) is 10.6 Å². The standard InChI is InChI=1S/C27H23ClN4O4S/c28-23-12-8-22(9-13-23)20-36-25-14-10-21(11-15-25)17-30-31-27(33)19-32(24-5-4-16-29-18-24)37(34,35)26-6-2-1-3-7-26/h1-18H,19-20H2,(H,31,33)/b30-17-. The summed E-state index contributed by atoms with van der Waals surface area (Å²) in [5.41, 5.74) is 4.36. The van der Waals surface area contributed by atoms with Crippen LogP contribution in [0.2, 0.25) is 5.02 Å². The van der Waals surface area contributed by atoms with E-state index in [0.717, 1.165) is 15.4 Å². The highest BCUT2D eigenvalue weighted by atomic mass is 35.5. The third-order valence-corrected chi connectivity index (χ3v) is 7.19. The monoisotopic (exact) mass is 534 g/mol. The number of hydrogen-bond donors (Lipinski definition) is 1. The fourth-order valence-corrected chi connectivity index (χ4v) is 4.83. The van der Waals surface area contributed by atoms with E-state index in [0.29, 0.717) is 17.4 Å². The Morgan fingerprint density at radius 3 is 2.38 bits per heavy atom. The van der Waals surface area contributed by atoms with Gasteiger partial charge in [0.15, 0.2) is 0 Å². The number of rotatable bonds is 10. The zero-order valence-electron chi connectivity index (χ0n) is 19.6. The summed E-state index contributed by atoms with van der Waals surface area (Å²) in [5, 5.41) is 4.63. The van der Waals surface area contributed by atoms with E-state index in [1.807, 2.05) is 12.1 Å². The minimum absolute atomic E-state index is 0.0634. The summed E-state index contributed by atoms with van der Waals surface area (Å²) < 4.78 is 33.2. The number of carbonyl (C=O) groups is 1. The predicted octanol–water partition coefficient (Wildman–Crippen LogP) is 4.66. The highest BCUT2D eigenvalue weighted by Crippen LogP contribution is 2.22. The molecule has 0 radical (unpaired) electrons. The first-order valence-corrected chi connectivity index (χ1v) is 13.0. The molecule has 0 bridgehead atoms. The number of amides is 1. The van der Waals surface area contributed by atoms with Gasteiger partial charge in [0.2, 0.25) is 0 Å². The number of ether oxygens (including phenoxy) is 1. The van der Waals surface area contributed by atoms with Crippen LogP contribution in [0, 0.1) is 0 Å². The molecule has 8 nitrogen and oxygen atoms in total. The van der Waals surface area contributed by atoms with E-state index in [9.17, 15) is 13.2 Å². The predicted molar refractivity (Wildman–Crippen MR) is 143 cm³/mol. The molecule has 0 unspecified atom stereocenters. The first kappa shape index (κ1) is 25.9. The maximum Gasteiger partial charge on any atom is 0.264 e. The Labute approximate surface area is 220 Å². The van der Waals surface area contributed by atoms with Crippen LogP contribution in [0.15, 0.2) is 113 Å². The molecule has 0 atom stereocenters. The summed E-state index contributed by atoms with van der Waals surface area (Å²) in [4.78, 5) is 16.7. The molecular formula is C27H23ClN4O4S. The summed E-state index contributed by atoms with van der Waals surface area (Å²) in [6, 6.07) is 25.6. The second-order valence-corrected chi connectivity index (χ2v) is 10.1. The molecule has 0 aliphatic rings. The number of hydrogen-bond acceptors (Lipinski definition) is 6. The number of sulfonamides is 1. The number of benzene rings is 3. The summed E-state index contributed by atoms with van der Waals surface area (Å²) in [5.74, 6) is 0.0666. The SMILES string of the molecule is O=C(CN(c1cccnc1)S(=O)(=O)c1ccccc1)N/N=C\c1ccc(OCc2ccc(Cl)cc2)cc1. The summed E-state index contributed by atoms with van der Waals surface area (Å²) in [6.07, 6.45) is 4.36. The Balaban J connectivity index is 1.37. The van der Waals surface area contributed by atoms with Gasteiger partial charge in [0.25, 0.3) is 15.9 Å². The molecule has 10 heteroatoms. The minimum Gasteiger partial charge on any atom is -0.489 e. The molecule has 1 N–H and O–H groups in total. The number of nitrogens with zero attached hydrogens (tertiary/aromatic N) is 3. The molecular weight excluding hydrogens is 512 g/mol. The average molecular weight is 535 g/mol. The molecule has 1 aromatic heterocycles. The lowest BCUT2D eigenvalue weighted by atomic mass is 10.2. The van der Waals surface area contributed by atoms with Gasteiger partial charge in [0.05, 0.1) is 23.0 Å². The van der Waals surface area contributed by atoms with E-state index in [2.05, 4.69) is 15.5 Å². The molecule has 0 spiro atoms. The van der Waals surface area contributed by atoms with Crippen molar-refractivity contribution in [3.05, 3.63) is 120 Å². The van der Waals surface area contributed by atoms with E-state index >= 15 is 0 Å². The third-order valence-electron chi connectivity index (χ3n) is 5.15. The Bertz CT molecular complexity index is 1450. The normalized spacial score (nSPS) is 11.3. The molecule has 1 amide bonds. The smallest absolute Gasteiger partial charge is 0.264 e. The van der Waals surface area contributed by atoms with Crippen LogP contribution < -0.4 is 14.5 Å². The molecule has 1 heterocycles. The van der Waals surface area contributed by atoms with Gasteiger partial charge in [-0.15, -0.1) is 0 Å².